The smallest absolute Gasteiger partial charge is 0.410 e. The van der Waals surface area contributed by atoms with Crippen LogP contribution >= 0.6 is 0 Å². The van der Waals surface area contributed by atoms with Crippen molar-refractivity contribution in [3.63, 3.8) is 0 Å². The van der Waals surface area contributed by atoms with Crippen molar-refractivity contribution in [1.82, 2.24) is 14.8 Å². The van der Waals surface area contributed by atoms with E-state index in [4.69, 9.17) is 9.47 Å². The lowest BCUT2D eigenvalue weighted by molar-refractivity contribution is -0.189. The number of H-pyrrole nitrogens is 1. The molecule has 0 aliphatic carbocycles. The van der Waals surface area contributed by atoms with Gasteiger partial charge in [0.1, 0.15) is 11.2 Å². The van der Waals surface area contributed by atoms with Crippen LogP contribution in [0.4, 0.5) is 4.79 Å². The molecule has 1 spiro atoms. The molecular formula is C18H27N3O4. The second kappa shape index (κ2) is 6.71. The second-order valence-electron chi connectivity index (χ2n) is 7.88. The summed E-state index contributed by atoms with van der Waals surface area (Å²) < 4.78 is 11.3. The second-order valence-corrected chi connectivity index (χ2v) is 7.88. The van der Waals surface area contributed by atoms with E-state index in [1.807, 2.05) is 44.0 Å². The highest BCUT2D eigenvalue weighted by molar-refractivity contribution is 5.78. The molecule has 1 N–H and O–H groups in total. The summed E-state index contributed by atoms with van der Waals surface area (Å²) >= 11 is 0. The quantitative estimate of drug-likeness (QED) is 0.903. The lowest BCUT2D eigenvalue weighted by atomic mass is 9.91. The molecule has 3 rings (SSSR count). The highest BCUT2D eigenvalue weighted by Gasteiger charge is 2.50. The van der Waals surface area contributed by atoms with Crippen molar-refractivity contribution in [1.29, 1.82) is 0 Å². The summed E-state index contributed by atoms with van der Waals surface area (Å²) in [5, 5.41) is 0. The first-order chi connectivity index (χ1) is 11.8. The number of nitrogens with one attached hydrogen (secondary N) is 1. The van der Waals surface area contributed by atoms with Gasteiger partial charge in [-0.25, -0.2) is 4.79 Å². The van der Waals surface area contributed by atoms with Gasteiger partial charge in [-0.3, -0.25) is 4.79 Å². The fourth-order valence-electron chi connectivity index (χ4n) is 3.27. The molecule has 7 heteroatoms. The lowest BCUT2D eigenvalue weighted by Gasteiger charge is -2.53. The van der Waals surface area contributed by atoms with Crippen LogP contribution in [0.3, 0.4) is 0 Å². The molecule has 138 valence electrons. The summed E-state index contributed by atoms with van der Waals surface area (Å²) in [6, 6.07) is 3.91. The number of morpholine rings is 1. The third kappa shape index (κ3) is 4.34. The molecule has 1 aromatic rings. The monoisotopic (exact) mass is 349 g/mol. The Hall–Kier alpha value is -2.02. The van der Waals surface area contributed by atoms with Crippen molar-refractivity contribution in [2.75, 3.05) is 32.8 Å². The van der Waals surface area contributed by atoms with E-state index in [0.29, 0.717) is 45.6 Å². The minimum Gasteiger partial charge on any atom is -0.444 e. The number of aryl methyl sites for hydroxylation is 1. The molecule has 2 aliphatic heterocycles. The Morgan fingerprint density at radius 1 is 1.28 bits per heavy atom. The summed E-state index contributed by atoms with van der Waals surface area (Å²) in [6.07, 6.45) is 2.73. The molecule has 2 saturated heterocycles. The van der Waals surface area contributed by atoms with Gasteiger partial charge in [-0.2, -0.15) is 0 Å². The molecule has 7 nitrogen and oxygen atoms in total. The number of hydrogen-bond donors (Lipinski definition) is 1. The first-order valence-electron chi connectivity index (χ1n) is 8.78. The number of aromatic amines is 1. The number of aromatic nitrogens is 1. The number of amides is 2. The number of nitrogens with zero attached hydrogens (tertiary/aromatic N) is 2. The van der Waals surface area contributed by atoms with Crippen LogP contribution in [0.15, 0.2) is 18.3 Å². The molecule has 0 atom stereocenters. The highest BCUT2D eigenvalue weighted by atomic mass is 16.6. The zero-order valence-corrected chi connectivity index (χ0v) is 15.2. The van der Waals surface area contributed by atoms with E-state index >= 15 is 0 Å². The van der Waals surface area contributed by atoms with Gasteiger partial charge in [0, 0.05) is 24.9 Å². The summed E-state index contributed by atoms with van der Waals surface area (Å²) in [6.45, 7) is 8.12. The standard InChI is InChI=1S/C18H27N3O4/c1-17(2,3)25-16(23)20-9-10-24-18(11-20)12-21(13-18)15(22)7-6-14-5-4-8-19-14/h4-5,8,19H,6-7,9-13H2,1-3H3. The SMILES string of the molecule is CC(C)(C)OC(=O)N1CCOC2(CN(C(=O)CCc3ccc[nH]3)C2)C1. The number of rotatable bonds is 3. The van der Waals surface area contributed by atoms with Crippen LogP contribution in [0, 0.1) is 0 Å². The molecular weight excluding hydrogens is 322 g/mol. The molecule has 0 radical (unpaired) electrons. The molecule has 2 amide bonds. The largest absolute Gasteiger partial charge is 0.444 e. The van der Waals surface area contributed by atoms with Crippen molar-refractivity contribution >= 4 is 12.0 Å². The van der Waals surface area contributed by atoms with E-state index in [0.717, 1.165) is 5.69 Å². The van der Waals surface area contributed by atoms with E-state index in [1.165, 1.54) is 0 Å². The number of likely N-dealkylation sites (tertiary alicyclic amines) is 1. The van der Waals surface area contributed by atoms with Crippen LogP contribution in [0.5, 0.6) is 0 Å². The van der Waals surface area contributed by atoms with Crippen LogP contribution in [0.25, 0.3) is 0 Å². The lowest BCUT2D eigenvalue weighted by Crippen LogP contribution is -2.71. The molecule has 0 saturated carbocycles. The fourth-order valence-corrected chi connectivity index (χ4v) is 3.27. The summed E-state index contributed by atoms with van der Waals surface area (Å²) in [7, 11) is 0. The Morgan fingerprint density at radius 3 is 2.64 bits per heavy atom. The zero-order chi connectivity index (χ0) is 18.1. The first kappa shape index (κ1) is 17.8. The van der Waals surface area contributed by atoms with Gasteiger partial charge >= 0.3 is 6.09 Å². The van der Waals surface area contributed by atoms with Crippen LogP contribution in [0.1, 0.15) is 32.9 Å². The maximum Gasteiger partial charge on any atom is 0.410 e. The molecule has 0 aromatic carbocycles. The van der Waals surface area contributed by atoms with Gasteiger partial charge in [-0.1, -0.05) is 0 Å². The van der Waals surface area contributed by atoms with Gasteiger partial charge in [0.15, 0.2) is 0 Å². The van der Waals surface area contributed by atoms with Crippen molar-refractivity contribution in [2.24, 2.45) is 0 Å². The van der Waals surface area contributed by atoms with Gasteiger partial charge in [0.2, 0.25) is 5.91 Å². The topological polar surface area (TPSA) is 74.9 Å². The average molecular weight is 349 g/mol. The molecule has 2 fully saturated rings. The number of hydrogen-bond acceptors (Lipinski definition) is 4. The van der Waals surface area contributed by atoms with Gasteiger partial charge in [0.25, 0.3) is 0 Å². The van der Waals surface area contributed by atoms with Gasteiger partial charge in [-0.15, -0.1) is 0 Å². The summed E-state index contributed by atoms with van der Waals surface area (Å²) in [4.78, 5) is 31.2. The minimum atomic E-state index is -0.512. The summed E-state index contributed by atoms with van der Waals surface area (Å²) in [5.74, 6) is 0.123. The van der Waals surface area contributed by atoms with Crippen LogP contribution in [0.2, 0.25) is 0 Å². The van der Waals surface area contributed by atoms with Crippen molar-refractivity contribution in [3.8, 4) is 0 Å². The Kier molecular flexibility index (Phi) is 4.77. The molecule has 3 heterocycles. The van der Waals surface area contributed by atoms with Crippen molar-refractivity contribution in [3.05, 3.63) is 24.0 Å². The van der Waals surface area contributed by atoms with E-state index < -0.39 is 11.2 Å². The first-order valence-corrected chi connectivity index (χ1v) is 8.78. The van der Waals surface area contributed by atoms with Crippen molar-refractivity contribution < 1.29 is 19.1 Å². The number of carbonyl (C=O) groups excluding carboxylic acids is 2. The molecule has 2 aliphatic rings. The number of carbonyl (C=O) groups is 2. The Labute approximate surface area is 148 Å². The van der Waals surface area contributed by atoms with E-state index in [-0.39, 0.29) is 12.0 Å². The molecule has 0 bridgehead atoms. The normalized spacial score (nSPS) is 19.6. The highest BCUT2D eigenvalue weighted by Crippen LogP contribution is 2.30. The Bertz CT molecular complexity index is 615. The Morgan fingerprint density at radius 2 is 2.00 bits per heavy atom. The van der Waals surface area contributed by atoms with E-state index in [9.17, 15) is 9.59 Å². The van der Waals surface area contributed by atoms with E-state index in [2.05, 4.69) is 4.98 Å². The molecule has 0 unspecified atom stereocenters. The minimum absolute atomic E-state index is 0.123. The van der Waals surface area contributed by atoms with Gasteiger partial charge < -0.3 is 24.3 Å². The zero-order valence-electron chi connectivity index (χ0n) is 15.2. The number of ether oxygens (including phenoxy) is 2. The third-order valence-electron chi connectivity index (χ3n) is 4.48. The fraction of sp³-hybridized carbons (Fsp3) is 0.667. The van der Waals surface area contributed by atoms with Crippen LogP contribution < -0.4 is 0 Å². The van der Waals surface area contributed by atoms with Crippen LogP contribution in [-0.4, -0.2) is 70.8 Å². The van der Waals surface area contributed by atoms with Gasteiger partial charge in [0.05, 0.1) is 26.2 Å². The molecule has 1 aromatic heterocycles. The maximum atomic E-state index is 12.3. The van der Waals surface area contributed by atoms with Gasteiger partial charge in [-0.05, 0) is 39.3 Å². The maximum absolute atomic E-state index is 12.3. The van der Waals surface area contributed by atoms with Crippen LogP contribution in [-0.2, 0) is 20.7 Å². The predicted octanol–water partition coefficient (Wildman–Crippen LogP) is 1.80. The predicted molar refractivity (Wildman–Crippen MR) is 92.2 cm³/mol. The third-order valence-corrected chi connectivity index (χ3v) is 4.48. The van der Waals surface area contributed by atoms with E-state index in [1.54, 1.807) is 4.90 Å². The summed E-state index contributed by atoms with van der Waals surface area (Å²) in [5.41, 5.74) is 0.118. The average Bonchev–Trinajstić information content (AvgIpc) is 3.02. The Balaban J connectivity index is 1.48. The molecule has 25 heavy (non-hydrogen) atoms. The van der Waals surface area contributed by atoms with Crippen molar-refractivity contribution in [2.45, 2.75) is 44.8 Å².